The summed E-state index contributed by atoms with van der Waals surface area (Å²) >= 11 is 0. The summed E-state index contributed by atoms with van der Waals surface area (Å²) in [5.41, 5.74) is 2.61. The van der Waals surface area contributed by atoms with Crippen LogP contribution in [0.4, 0.5) is 4.39 Å². The lowest BCUT2D eigenvalue weighted by Gasteiger charge is -2.08. The topological polar surface area (TPSA) is 50.7 Å². The third kappa shape index (κ3) is 3.76. The molecule has 0 radical (unpaired) electrons. The third-order valence-corrected chi connectivity index (χ3v) is 3.41. The molecule has 0 heterocycles. The Kier molecular flexibility index (Phi) is 4.81. The molecule has 0 saturated heterocycles. The van der Waals surface area contributed by atoms with Crippen molar-refractivity contribution in [2.45, 2.75) is 0 Å². The molecular formula is C19H15FN2O2. The van der Waals surface area contributed by atoms with Gasteiger partial charge in [0.25, 0.3) is 5.91 Å². The van der Waals surface area contributed by atoms with Crippen LogP contribution in [0.1, 0.15) is 5.56 Å². The van der Waals surface area contributed by atoms with Gasteiger partial charge in [0.1, 0.15) is 11.6 Å². The van der Waals surface area contributed by atoms with Crippen LogP contribution in [0.2, 0.25) is 0 Å². The van der Waals surface area contributed by atoms with Gasteiger partial charge in [-0.1, -0.05) is 54.6 Å². The Hall–Kier alpha value is -3.21. The summed E-state index contributed by atoms with van der Waals surface area (Å²) < 4.78 is 19.0. The maximum atomic E-state index is 13.4. The smallest absolute Gasteiger partial charge is 0.277 e. The number of benzene rings is 3. The molecule has 0 aromatic heterocycles. The van der Waals surface area contributed by atoms with Gasteiger partial charge in [0.15, 0.2) is 6.61 Å². The first-order valence-corrected chi connectivity index (χ1v) is 7.41. The minimum absolute atomic E-state index is 0.178. The van der Waals surface area contributed by atoms with E-state index < -0.39 is 11.7 Å². The molecule has 0 unspecified atom stereocenters. The summed E-state index contributed by atoms with van der Waals surface area (Å²) in [5.74, 6) is -0.195. The Balaban J connectivity index is 1.58. The molecule has 0 spiro atoms. The Morgan fingerprint density at radius 1 is 1.04 bits per heavy atom. The van der Waals surface area contributed by atoms with Gasteiger partial charge in [0.2, 0.25) is 0 Å². The number of rotatable bonds is 5. The lowest BCUT2D eigenvalue weighted by molar-refractivity contribution is -0.123. The largest absolute Gasteiger partial charge is 0.483 e. The first-order chi connectivity index (χ1) is 11.7. The number of carbonyl (C=O) groups is 1. The molecule has 1 N–H and O–H groups in total. The fourth-order valence-electron chi connectivity index (χ4n) is 2.25. The number of ether oxygens (including phenoxy) is 1. The van der Waals surface area contributed by atoms with E-state index >= 15 is 0 Å². The average Bonchev–Trinajstić information content (AvgIpc) is 2.61. The zero-order valence-electron chi connectivity index (χ0n) is 12.8. The highest BCUT2D eigenvalue weighted by molar-refractivity contribution is 5.89. The van der Waals surface area contributed by atoms with Gasteiger partial charge in [0, 0.05) is 10.9 Å². The van der Waals surface area contributed by atoms with Crippen molar-refractivity contribution in [1.82, 2.24) is 5.43 Å². The van der Waals surface area contributed by atoms with Crippen molar-refractivity contribution in [3.05, 3.63) is 78.1 Å². The summed E-state index contributed by atoms with van der Waals surface area (Å²) in [5, 5.41) is 5.70. The zero-order chi connectivity index (χ0) is 16.8. The monoisotopic (exact) mass is 322 g/mol. The van der Waals surface area contributed by atoms with Crippen molar-refractivity contribution in [1.29, 1.82) is 0 Å². The summed E-state index contributed by atoms with van der Waals surface area (Å²) in [4.78, 5) is 11.8. The molecule has 0 aliphatic heterocycles. The standard InChI is InChI=1S/C19H15FN2O2/c20-17-10-4-2-7-15(17)12-21-22-19(23)13-24-18-11-5-8-14-6-1-3-9-16(14)18/h1-12H,13H2,(H,22,23)/b21-12+. The van der Waals surface area contributed by atoms with E-state index in [1.807, 2.05) is 36.4 Å². The van der Waals surface area contributed by atoms with Gasteiger partial charge in [-0.25, -0.2) is 9.82 Å². The van der Waals surface area contributed by atoms with Gasteiger partial charge in [-0.2, -0.15) is 5.10 Å². The number of fused-ring (bicyclic) bond motifs is 1. The molecule has 5 heteroatoms. The molecule has 0 fully saturated rings. The summed E-state index contributed by atoms with van der Waals surface area (Å²) in [6.07, 6.45) is 1.26. The SMILES string of the molecule is O=C(COc1cccc2ccccc12)N/N=C/c1ccccc1F. The zero-order valence-corrected chi connectivity index (χ0v) is 12.8. The van der Waals surface area contributed by atoms with Crippen LogP contribution in [-0.2, 0) is 4.79 Å². The predicted octanol–water partition coefficient (Wildman–Crippen LogP) is 3.51. The molecule has 0 aliphatic rings. The second-order valence-corrected chi connectivity index (χ2v) is 5.08. The quantitative estimate of drug-likeness (QED) is 0.577. The lowest BCUT2D eigenvalue weighted by atomic mass is 10.1. The number of hydrazone groups is 1. The Morgan fingerprint density at radius 3 is 2.67 bits per heavy atom. The van der Waals surface area contributed by atoms with Crippen LogP contribution >= 0.6 is 0 Å². The van der Waals surface area contributed by atoms with Crippen LogP contribution < -0.4 is 10.2 Å². The number of nitrogens with zero attached hydrogens (tertiary/aromatic N) is 1. The molecule has 0 atom stereocenters. The number of nitrogens with one attached hydrogen (secondary N) is 1. The van der Waals surface area contributed by atoms with E-state index in [9.17, 15) is 9.18 Å². The van der Waals surface area contributed by atoms with Crippen molar-refractivity contribution < 1.29 is 13.9 Å². The molecule has 120 valence electrons. The molecule has 0 saturated carbocycles. The number of carbonyl (C=O) groups excluding carboxylic acids is 1. The highest BCUT2D eigenvalue weighted by Crippen LogP contribution is 2.24. The number of hydrogen-bond acceptors (Lipinski definition) is 3. The molecule has 3 rings (SSSR count). The Morgan fingerprint density at radius 2 is 1.79 bits per heavy atom. The minimum Gasteiger partial charge on any atom is -0.483 e. The van der Waals surface area contributed by atoms with E-state index in [2.05, 4.69) is 10.5 Å². The van der Waals surface area contributed by atoms with Gasteiger partial charge >= 0.3 is 0 Å². The molecule has 24 heavy (non-hydrogen) atoms. The van der Waals surface area contributed by atoms with Crippen LogP contribution in [0.15, 0.2) is 71.8 Å². The highest BCUT2D eigenvalue weighted by atomic mass is 19.1. The highest BCUT2D eigenvalue weighted by Gasteiger charge is 2.05. The lowest BCUT2D eigenvalue weighted by Crippen LogP contribution is -2.24. The van der Waals surface area contributed by atoms with Gasteiger partial charge in [-0.05, 0) is 17.5 Å². The molecule has 1 amide bonds. The van der Waals surface area contributed by atoms with Crippen LogP contribution in [0.3, 0.4) is 0 Å². The first kappa shape index (κ1) is 15.7. The number of hydrogen-bond donors (Lipinski definition) is 1. The van der Waals surface area contributed by atoms with Gasteiger partial charge in [-0.3, -0.25) is 4.79 Å². The van der Waals surface area contributed by atoms with Crippen molar-refractivity contribution in [2.24, 2.45) is 5.10 Å². The molecule has 4 nitrogen and oxygen atoms in total. The van der Waals surface area contributed by atoms with E-state index in [0.29, 0.717) is 11.3 Å². The summed E-state index contributed by atoms with van der Waals surface area (Å²) in [7, 11) is 0. The Bertz CT molecular complexity index is 888. The van der Waals surface area contributed by atoms with Gasteiger partial charge in [0.05, 0.1) is 6.21 Å². The average molecular weight is 322 g/mol. The predicted molar refractivity (Wildman–Crippen MR) is 91.6 cm³/mol. The second-order valence-electron chi connectivity index (χ2n) is 5.08. The van der Waals surface area contributed by atoms with E-state index in [1.54, 1.807) is 24.3 Å². The second kappa shape index (κ2) is 7.37. The van der Waals surface area contributed by atoms with E-state index in [-0.39, 0.29) is 6.61 Å². The van der Waals surface area contributed by atoms with E-state index in [0.717, 1.165) is 10.8 Å². The molecule has 0 bridgehead atoms. The van der Waals surface area contributed by atoms with E-state index in [1.165, 1.54) is 12.3 Å². The van der Waals surface area contributed by atoms with Gasteiger partial charge in [-0.15, -0.1) is 0 Å². The van der Waals surface area contributed by atoms with Crippen molar-refractivity contribution in [3.8, 4) is 5.75 Å². The van der Waals surface area contributed by atoms with Crippen molar-refractivity contribution >= 4 is 22.9 Å². The summed E-state index contributed by atoms with van der Waals surface area (Å²) in [6, 6.07) is 19.6. The number of halogens is 1. The van der Waals surface area contributed by atoms with Crippen LogP contribution in [0, 0.1) is 5.82 Å². The molecule has 0 aliphatic carbocycles. The fraction of sp³-hybridized carbons (Fsp3) is 0.0526. The van der Waals surface area contributed by atoms with Gasteiger partial charge < -0.3 is 4.74 Å². The Labute approximate surface area is 138 Å². The fourth-order valence-corrected chi connectivity index (χ4v) is 2.25. The molecule has 3 aromatic rings. The maximum Gasteiger partial charge on any atom is 0.277 e. The van der Waals surface area contributed by atoms with Crippen LogP contribution in [0.25, 0.3) is 10.8 Å². The van der Waals surface area contributed by atoms with Crippen molar-refractivity contribution in [3.63, 3.8) is 0 Å². The maximum absolute atomic E-state index is 13.4. The van der Waals surface area contributed by atoms with E-state index in [4.69, 9.17) is 4.74 Å². The van der Waals surface area contributed by atoms with Crippen molar-refractivity contribution in [2.75, 3.05) is 6.61 Å². The summed E-state index contributed by atoms with van der Waals surface area (Å²) in [6.45, 7) is -0.178. The first-order valence-electron chi connectivity index (χ1n) is 7.41. The van der Waals surface area contributed by atoms with Crippen LogP contribution in [-0.4, -0.2) is 18.7 Å². The normalized spacial score (nSPS) is 10.9. The van der Waals surface area contributed by atoms with Crippen LogP contribution in [0.5, 0.6) is 5.75 Å². The minimum atomic E-state index is -0.421. The third-order valence-electron chi connectivity index (χ3n) is 3.41. The molecular weight excluding hydrogens is 307 g/mol. The molecule has 3 aromatic carbocycles. The number of amides is 1.